The Bertz CT molecular complexity index is 694. The fraction of sp³-hybridized carbons (Fsp3) is 0.533. The summed E-state index contributed by atoms with van der Waals surface area (Å²) in [5, 5.41) is 2.18. The standard InChI is InChI=1S/C15H19N3OS2/c1-9-16-14(20-8-12(19)18(2)3)13-10-6-4-5-7-11(10)21-15(13)17-9/h4-8H2,1-3H3. The Balaban J connectivity index is 2.00. The molecule has 2 aromatic heterocycles. The highest BCUT2D eigenvalue weighted by atomic mass is 32.2. The van der Waals surface area contributed by atoms with Gasteiger partial charge in [0, 0.05) is 24.4 Å². The van der Waals surface area contributed by atoms with E-state index in [4.69, 9.17) is 0 Å². The Kier molecular flexibility index (Phi) is 4.17. The van der Waals surface area contributed by atoms with Gasteiger partial charge in [0.25, 0.3) is 0 Å². The predicted octanol–water partition coefficient (Wildman–Crippen LogP) is 3.06. The number of rotatable bonds is 3. The van der Waals surface area contributed by atoms with Gasteiger partial charge in [-0.25, -0.2) is 9.97 Å². The molecule has 1 amide bonds. The number of amides is 1. The SMILES string of the molecule is Cc1nc(SCC(=O)N(C)C)c2c3c(sc2n1)CCCC3. The maximum absolute atomic E-state index is 11.8. The number of fused-ring (bicyclic) bond motifs is 3. The van der Waals surface area contributed by atoms with Crippen molar-refractivity contribution in [1.82, 2.24) is 14.9 Å². The lowest BCUT2D eigenvalue weighted by molar-refractivity contribution is -0.125. The number of carbonyl (C=O) groups excluding carboxylic acids is 1. The minimum atomic E-state index is 0.119. The van der Waals surface area contributed by atoms with Crippen molar-refractivity contribution in [3.05, 3.63) is 16.3 Å². The molecule has 2 aromatic rings. The lowest BCUT2D eigenvalue weighted by atomic mass is 9.97. The second-order valence-corrected chi connectivity index (χ2v) is 7.59. The van der Waals surface area contributed by atoms with Crippen LogP contribution in [0.2, 0.25) is 0 Å². The molecule has 0 aromatic carbocycles. The lowest BCUT2D eigenvalue weighted by Crippen LogP contribution is -2.23. The number of thiophene rings is 1. The molecule has 0 bridgehead atoms. The first-order chi connectivity index (χ1) is 10.1. The van der Waals surface area contributed by atoms with Gasteiger partial charge in [0.2, 0.25) is 5.91 Å². The van der Waals surface area contributed by atoms with Crippen LogP contribution < -0.4 is 0 Å². The minimum absolute atomic E-state index is 0.119. The molecule has 4 nitrogen and oxygen atoms in total. The van der Waals surface area contributed by atoms with Crippen molar-refractivity contribution in [2.24, 2.45) is 0 Å². The highest BCUT2D eigenvalue weighted by Crippen LogP contribution is 2.39. The molecule has 0 N–H and O–H groups in total. The van der Waals surface area contributed by atoms with Crippen LogP contribution >= 0.6 is 23.1 Å². The third-order valence-electron chi connectivity index (χ3n) is 3.72. The maximum Gasteiger partial charge on any atom is 0.232 e. The quantitative estimate of drug-likeness (QED) is 0.644. The van der Waals surface area contributed by atoms with Gasteiger partial charge in [-0.05, 0) is 38.2 Å². The summed E-state index contributed by atoms with van der Waals surface area (Å²) in [5.74, 6) is 1.35. The largest absolute Gasteiger partial charge is 0.348 e. The lowest BCUT2D eigenvalue weighted by Gasteiger charge is -2.12. The molecule has 0 saturated heterocycles. The molecule has 112 valence electrons. The molecule has 1 aliphatic rings. The molecule has 0 spiro atoms. The van der Waals surface area contributed by atoms with E-state index >= 15 is 0 Å². The summed E-state index contributed by atoms with van der Waals surface area (Å²) in [7, 11) is 3.58. The minimum Gasteiger partial charge on any atom is -0.348 e. The zero-order chi connectivity index (χ0) is 15.0. The Morgan fingerprint density at radius 3 is 2.81 bits per heavy atom. The number of hydrogen-bond acceptors (Lipinski definition) is 5. The fourth-order valence-corrected chi connectivity index (χ4v) is 5.04. The van der Waals surface area contributed by atoms with Crippen LogP contribution in [0.25, 0.3) is 10.2 Å². The van der Waals surface area contributed by atoms with Crippen LogP contribution in [0.1, 0.15) is 29.1 Å². The van der Waals surface area contributed by atoms with Gasteiger partial charge in [-0.2, -0.15) is 0 Å². The van der Waals surface area contributed by atoms with Gasteiger partial charge in [0.1, 0.15) is 15.7 Å². The van der Waals surface area contributed by atoms with Gasteiger partial charge in [0.15, 0.2) is 0 Å². The van der Waals surface area contributed by atoms with Gasteiger partial charge in [-0.1, -0.05) is 11.8 Å². The Morgan fingerprint density at radius 1 is 1.29 bits per heavy atom. The highest BCUT2D eigenvalue weighted by Gasteiger charge is 2.21. The van der Waals surface area contributed by atoms with E-state index in [0.717, 1.165) is 28.5 Å². The van der Waals surface area contributed by atoms with E-state index in [1.807, 2.05) is 18.3 Å². The van der Waals surface area contributed by atoms with Crippen LogP contribution in [-0.2, 0) is 17.6 Å². The van der Waals surface area contributed by atoms with E-state index in [2.05, 4.69) is 9.97 Å². The average Bonchev–Trinajstić information content (AvgIpc) is 2.82. The summed E-state index contributed by atoms with van der Waals surface area (Å²) in [5.41, 5.74) is 1.43. The molecule has 0 saturated carbocycles. The predicted molar refractivity (Wildman–Crippen MR) is 88.2 cm³/mol. The maximum atomic E-state index is 11.8. The fourth-order valence-electron chi connectivity index (χ4n) is 2.59. The summed E-state index contributed by atoms with van der Waals surface area (Å²) < 4.78 is 0. The van der Waals surface area contributed by atoms with Crippen LogP contribution in [0.15, 0.2) is 5.03 Å². The summed E-state index contributed by atoms with van der Waals surface area (Å²) in [6, 6.07) is 0. The first-order valence-corrected chi connectivity index (χ1v) is 8.98. The van der Waals surface area contributed by atoms with Crippen molar-refractivity contribution in [2.75, 3.05) is 19.8 Å². The first-order valence-electron chi connectivity index (χ1n) is 7.18. The van der Waals surface area contributed by atoms with Crippen LogP contribution in [0, 0.1) is 6.92 Å². The van der Waals surface area contributed by atoms with E-state index in [0.29, 0.717) is 5.75 Å². The van der Waals surface area contributed by atoms with E-state index in [9.17, 15) is 4.79 Å². The average molecular weight is 321 g/mol. The third kappa shape index (κ3) is 2.92. The van der Waals surface area contributed by atoms with Crippen molar-refractivity contribution in [3.63, 3.8) is 0 Å². The molecule has 3 rings (SSSR count). The van der Waals surface area contributed by atoms with E-state index in [-0.39, 0.29) is 5.91 Å². The molecule has 0 radical (unpaired) electrons. The van der Waals surface area contributed by atoms with Gasteiger partial charge in [-0.3, -0.25) is 4.79 Å². The number of aromatic nitrogens is 2. The molecule has 0 atom stereocenters. The first kappa shape index (κ1) is 14.8. The number of nitrogens with zero attached hydrogens (tertiary/aromatic N) is 3. The Labute approximate surface area is 133 Å². The van der Waals surface area contributed by atoms with Gasteiger partial charge < -0.3 is 4.90 Å². The number of aryl methyl sites for hydroxylation is 3. The summed E-state index contributed by atoms with van der Waals surface area (Å²) >= 11 is 3.35. The molecule has 21 heavy (non-hydrogen) atoms. The van der Waals surface area contributed by atoms with Crippen molar-refractivity contribution in [1.29, 1.82) is 0 Å². The normalized spacial score (nSPS) is 14.2. The van der Waals surface area contributed by atoms with E-state index in [1.165, 1.54) is 28.7 Å². The Hall–Kier alpha value is -1.14. The molecule has 0 unspecified atom stereocenters. The monoisotopic (exact) mass is 321 g/mol. The van der Waals surface area contributed by atoms with Crippen molar-refractivity contribution >= 4 is 39.2 Å². The summed E-state index contributed by atoms with van der Waals surface area (Å²) in [4.78, 5) is 25.2. The van der Waals surface area contributed by atoms with Crippen LogP contribution in [0.4, 0.5) is 0 Å². The zero-order valence-corrected chi connectivity index (χ0v) is 14.2. The molecule has 0 fully saturated rings. The molecule has 1 aliphatic carbocycles. The number of hydrogen-bond donors (Lipinski definition) is 0. The van der Waals surface area contributed by atoms with Crippen LogP contribution in [0.3, 0.4) is 0 Å². The molecule has 6 heteroatoms. The second kappa shape index (κ2) is 5.93. The van der Waals surface area contributed by atoms with Gasteiger partial charge in [-0.15, -0.1) is 11.3 Å². The van der Waals surface area contributed by atoms with Crippen molar-refractivity contribution < 1.29 is 4.79 Å². The van der Waals surface area contributed by atoms with Crippen molar-refractivity contribution in [3.8, 4) is 0 Å². The smallest absolute Gasteiger partial charge is 0.232 e. The van der Waals surface area contributed by atoms with Crippen molar-refractivity contribution in [2.45, 2.75) is 37.6 Å². The summed E-state index contributed by atoms with van der Waals surface area (Å²) in [6.45, 7) is 1.93. The second-order valence-electron chi connectivity index (χ2n) is 5.54. The highest BCUT2D eigenvalue weighted by molar-refractivity contribution is 8.00. The number of carbonyl (C=O) groups is 1. The molecular weight excluding hydrogens is 302 g/mol. The third-order valence-corrected chi connectivity index (χ3v) is 5.87. The van der Waals surface area contributed by atoms with E-state index < -0.39 is 0 Å². The van der Waals surface area contributed by atoms with E-state index in [1.54, 1.807) is 30.8 Å². The van der Waals surface area contributed by atoms with Gasteiger partial charge >= 0.3 is 0 Å². The molecule has 0 aliphatic heterocycles. The zero-order valence-electron chi connectivity index (χ0n) is 12.6. The molecule has 2 heterocycles. The van der Waals surface area contributed by atoms with Gasteiger partial charge in [0.05, 0.1) is 5.75 Å². The molecular formula is C15H19N3OS2. The Morgan fingerprint density at radius 2 is 2.05 bits per heavy atom. The van der Waals surface area contributed by atoms with Crippen LogP contribution in [0.5, 0.6) is 0 Å². The summed E-state index contributed by atoms with van der Waals surface area (Å²) in [6.07, 6.45) is 4.80. The van der Waals surface area contributed by atoms with Crippen LogP contribution in [-0.4, -0.2) is 40.6 Å². The number of thioether (sulfide) groups is 1. The topological polar surface area (TPSA) is 46.1 Å².